The monoisotopic (exact) mass is 244 g/mol. The van der Waals surface area contributed by atoms with E-state index in [1.54, 1.807) is 0 Å². The van der Waals surface area contributed by atoms with Crippen molar-refractivity contribution in [1.29, 1.82) is 0 Å². The average molecular weight is 245 g/mol. The Morgan fingerprint density at radius 1 is 1.40 bits per heavy atom. The van der Waals surface area contributed by atoms with Crippen LogP contribution in [-0.2, 0) is 0 Å². The van der Waals surface area contributed by atoms with E-state index in [1.807, 2.05) is 0 Å². The number of H-pyrrole nitrogens is 2. The van der Waals surface area contributed by atoms with Crippen LogP contribution in [0, 0.1) is 0 Å². The van der Waals surface area contributed by atoms with Gasteiger partial charge in [0.05, 0.1) is 0 Å². The second-order valence-electron chi connectivity index (χ2n) is 2.95. The summed E-state index contributed by atoms with van der Waals surface area (Å²) in [6.07, 6.45) is 1.04. The molecule has 0 aliphatic rings. The maximum Gasteiger partial charge on any atom is 0.325 e. The van der Waals surface area contributed by atoms with E-state index < -0.39 is 0 Å². The summed E-state index contributed by atoms with van der Waals surface area (Å²) in [6, 6.07) is 0. The molecule has 0 radical (unpaired) electrons. The summed E-state index contributed by atoms with van der Waals surface area (Å²) in [7, 11) is 0. The lowest BCUT2D eigenvalue weighted by atomic mass is 10.6. The lowest BCUT2D eigenvalue weighted by Gasteiger charge is -1.98. The van der Waals surface area contributed by atoms with Gasteiger partial charge < -0.3 is 4.98 Å². The fourth-order valence-corrected chi connectivity index (χ4v) is 2.09. The lowest BCUT2D eigenvalue weighted by molar-refractivity contribution is 0.985. The first-order valence-electron chi connectivity index (χ1n) is 4.49. The highest BCUT2D eigenvalue weighted by Gasteiger charge is 2.08. The van der Waals surface area contributed by atoms with Crippen LogP contribution in [0.25, 0.3) is 11.2 Å². The van der Waals surface area contributed by atoms with Gasteiger partial charge in [0, 0.05) is 5.75 Å². The Morgan fingerprint density at radius 3 is 2.93 bits per heavy atom. The zero-order valence-electron chi connectivity index (χ0n) is 8.00. The van der Waals surface area contributed by atoms with Crippen LogP contribution in [0.1, 0.15) is 13.3 Å². The minimum absolute atomic E-state index is 0.275. The van der Waals surface area contributed by atoms with Crippen molar-refractivity contribution in [2.45, 2.75) is 18.5 Å². The number of aromatic nitrogens is 4. The maximum atomic E-state index is 11.0. The van der Waals surface area contributed by atoms with E-state index in [0.29, 0.717) is 16.3 Å². The smallest absolute Gasteiger partial charge is 0.302 e. The van der Waals surface area contributed by atoms with Crippen LogP contribution in [0.15, 0.2) is 9.95 Å². The van der Waals surface area contributed by atoms with Gasteiger partial charge in [0.15, 0.2) is 16.0 Å². The number of hydrogen-bond donors (Lipinski definition) is 2. The third-order valence-electron chi connectivity index (χ3n) is 1.75. The van der Waals surface area contributed by atoms with E-state index in [-0.39, 0.29) is 10.8 Å². The van der Waals surface area contributed by atoms with Crippen LogP contribution in [0.5, 0.6) is 0 Å². The normalized spacial score (nSPS) is 11.1. The third-order valence-corrected chi connectivity index (χ3v) is 3.08. The van der Waals surface area contributed by atoms with Gasteiger partial charge in [0.2, 0.25) is 0 Å². The quantitative estimate of drug-likeness (QED) is 0.491. The number of rotatable bonds is 3. The molecule has 0 aromatic carbocycles. The Balaban J connectivity index is 2.47. The molecule has 0 unspecified atom stereocenters. The predicted octanol–water partition coefficient (Wildman–Crippen LogP) is 1.80. The minimum Gasteiger partial charge on any atom is -0.302 e. The molecular weight excluding hydrogens is 236 g/mol. The van der Waals surface area contributed by atoms with E-state index in [1.165, 1.54) is 11.8 Å². The van der Waals surface area contributed by atoms with Gasteiger partial charge in [-0.05, 0) is 6.42 Å². The van der Waals surface area contributed by atoms with Crippen LogP contribution >= 0.6 is 23.4 Å². The van der Waals surface area contributed by atoms with E-state index in [0.717, 1.165) is 12.2 Å². The van der Waals surface area contributed by atoms with E-state index in [4.69, 9.17) is 11.6 Å². The number of nitrogens with one attached hydrogen (secondary N) is 2. The van der Waals surface area contributed by atoms with E-state index in [9.17, 15) is 4.79 Å². The van der Waals surface area contributed by atoms with Gasteiger partial charge in [-0.3, -0.25) is 4.98 Å². The number of fused-ring (bicyclic) bond motifs is 1. The molecule has 7 heteroatoms. The molecule has 0 spiro atoms. The summed E-state index contributed by atoms with van der Waals surface area (Å²) in [5.41, 5.74) is 0.597. The second kappa shape index (κ2) is 4.24. The van der Waals surface area contributed by atoms with Crippen molar-refractivity contribution < 1.29 is 0 Å². The molecule has 0 bridgehead atoms. The SMILES string of the molecule is CCCSc1nc(Cl)c2[nH]c(=O)[nH]c2n1. The van der Waals surface area contributed by atoms with Crippen molar-refractivity contribution in [2.24, 2.45) is 0 Å². The zero-order chi connectivity index (χ0) is 10.8. The molecule has 0 atom stereocenters. The van der Waals surface area contributed by atoms with Gasteiger partial charge in [-0.25, -0.2) is 14.8 Å². The van der Waals surface area contributed by atoms with Gasteiger partial charge in [-0.2, -0.15) is 0 Å². The summed E-state index contributed by atoms with van der Waals surface area (Å²) in [5, 5.41) is 0.863. The Morgan fingerprint density at radius 2 is 2.20 bits per heavy atom. The average Bonchev–Trinajstić information content (AvgIpc) is 2.56. The van der Waals surface area contributed by atoms with Gasteiger partial charge in [-0.1, -0.05) is 30.3 Å². The molecular formula is C8H9ClN4OS. The number of thioether (sulfide) groups is 1. The van der Waals surface area contributed by atoms with Crippen LogP contribution in [0.2, 0.25) is 5.15 Å². The molecule has 0 fully saturated rings. The molecule has 0 saturated carbocycles. The van der Waals surface area contributed by atoms with E-state index in [2.05, 4.69) is 26.9 Å². The molecule has 15 heavy (non-hydrogen) atoms. The molecule has 0 amide bonds. The molecule has 2 heterocycles. The van der Waals surface area contributed by atoms with Gasteiger partial charge in [0.1, 0.15) is 5.52 Å². The van der Waals surface area contributed by atoms with Crippen molar-refractivity contribution in [2.75, 3.05) is 5.75 Å². The summed E-state index contributed by atoms with van der Waals surface area (Å²) in [4.78, 5) is 24.4. The Bertz CT molecular complexity index is 535. The fraction of sp³-hybridized carbons (Fsp3) is 0.375. The largest absolute Gasteiger partial charge is 0.325 e. The van der Waals surface area contributed by atoms with Gasteiger partial charge in [-0.15, -0.1) is 0 Å². The van der Waals surface area contributed by atoms with Crippen LogP contribution in [0.3, 0.4) is 0 Å². The van der Waals surface area contributed by atoms with Crippen LogP contribution < -0.4 is 5.69 Å². The number of hydrogen-bond acceptors (Lipinski definition) is 4. The molecule has 0 aliphatic carbocycles. The fourth-order valence-electron chi connectivity index (χ4n) is 1.13. The van der Waals surface area contributed by atoms with Crippen LogP contribution in [0.4, 0.5) is 0 Å². The van der Waals surface area contributed by atoms with Gasteiger partial charge in [0.25, 0.3) is 0 Å². The van der Waals surface area contributed by atoms with E-state index >= 15 is 0 Å². The molecule has 0 aliphatic heterocycles. The van der Waals surface area contributed by atoms with Crippen molar-refractivity contribution in [1.82, 2.24) is 19.9 Å². The Labute approximate surface area is 94.7 Å². The van der Waals surface area contributed by atoms with Crippen molar-refractivity contribution in [3.63, 3.8) is 0 Å². The molecule has 0 saturated heterocycles. The minimum atomic E-state index is -0.321. The molecule has 2 aromatic heterocycles. The molecule has 2 rings (SSSR count). The number of halogens is 1. The summed E-state index contributed by atoms with van der Waals surface area (Å²) in [6.45, 7) is 2.07. The Hall–Kier alpha value is -1.01. The second-order valence-corrected chi connectivity index (χ2v) is 4.37. The number of nitrogens with zero attached hydrogens (tertiary/aromatic N) is 2. The highest BCUT2D eigenvalue weighted by Crippen LogP contribution is 2.21. The lowest BCUT2D eigenvalue weighted by Crippen LogP contribution is -1.99. The highest BCUT2D eigenvalue weighted by atomic mass is 35.5. The summed E-state index contributed by atoms with van der Waals surface area (Å²) < 4.78 is 0. The molecule has 5 nitrogen and oxygen atoms in total. The molecule has 80 valence electrons. The number of aromatic amines is 2. The van der Waals surface area contributed by atoms with Gasteiger partial charge >= 0.3 is 5.69 Å². The van der Waals surface area contributed by atoms with Crippen LogP contribution in [-0.4, -0.2) is 25.7 Å². The van der Waals surface area contributed by atoms with Crippen molar-refractivity contribution in [3.05, 3.63) is 15.6 Å². The Kier molecular flexibility index (Phi) is 2.97. The standard InChI is InChI=1S/C8H9ClN4OS/c1-2-3-15-8-11-5(9)4-6(13-8)12-7(14)10-4/h2-3H2,1H3,(H2,10,11,12,13,14). The van der Waals surface area contributed by atoms with Crippen molar-refractivity contribution >= 4 is 34.5 Å². The molecule has 2 aromatic rings. The third kappa shape index (κ3) is 2.15. The zero-order valence-corrected chi connectivity index (χ0v) is 9.58. The number of imidazole rings is 1. The first-order valence-corrected chi connectivity index (χ1v) is 5.85. The first kappa shape index (κ1) is 10.5. The molecule has 2 N–H and O–H groups in total. The summed E-state index contributed by atoms with van der Waals surface area (Å²) >= 11 is 7.42. The highest BCUT2D eigenvalue weighted by molar-refractivity contribution is 7.99. The van der Waals surface area contributed by atoms with Crippen molar-refractivity contribution in [3.8, 4) is 0 Å². The first-order chi connectivity index (χ1) is 7.20. The predicted molar refractivity (Wildman–Crippen MR) is 60.5 cm³/mol. The summed E-state index contributed by atoms with van der Waals surface area (Å²) in [5.74, 6) is 0.927. The maximum absolute atomic E-state index is 11.0. The topological polar surface area (TPSA) is 74.4 Å².